The van der Waals surface area contributed by atoms with Crippen molar-refractivity contribution in [2.24, 2.45) is 5.73 Å². The summed E-state index contributed by atoms with van der Waals surface area (Å²) in [5, 5.41) is 0.873. The van der Waals surface area contributed by atoms with Crippen LogP contribution in [0.15, 0.2) is 18.2 Å². The predicted molar refractivity (Wildman–Crippen MR) is 69.2 cm³/mol. The minimum Gasteiger partial charge on any atom is -0.459 e. The molecule has 1 atom stereocenters. The van der Waals surface area contributed by atoms with Crippen molar-refractivity contribution in [1.29, 1.82) is 0 Å². The van der Waals surface area contributed by atoms with Gasteiger partial charge in [-0.2, -0.15) is 0 Å². The zero-order valence-corrected chi connectivity index (χ0v) is 11.5. The van der Waals surface area contributed by atoms with Gasteiger partial charge < -0.3 is 10.5 Å². The summed E-state index contributed by atoms with van der Waals surface area (Å²) in [6, 6.07) is 3.89. The van der Waals surface area contributed by atoms with Crippen molar-refractivity contribution in [2.45, 2.75) is 32.4 Å². The first kappa shape index (κ1) is 14.3. The van der Waals surface area contributed by atoms with Crippen molar-refractivity contribution in [3.63, 3.8) is 0 Å². The second-order valence-electron chi connectivity index (χ2n) is 4.71. The maximum absolute atomic E-state index is 11.7. The van der Waals surface area contributed by atoms with E-state index in [4.69, 9.17) is 33.7 Å². The predicted octanol–water partition coefficient (Wildman–Crippen LogP) is 3.33. The summed E-state index contributed by atoms with van der Waals surface area (Å²) < 4.78 is 5.18. The lowest BCUT2D eigenvalue weighted by atomic mass is 10.1. The van der Waals surface area contributed by atoms with E-state index >= 15 is 0 Å². The zero-order valence-electron chi connectivity index (χ0n) is 9.96. The summed E-state index contributed by atoms with van der Waals surface area (Å²) >= 11 is 11.7. The monoisotopic (exact) mass is 275 g/mol. The molecule has 0 aliphatic heterocycles. The Kier molecular flexibility index (Phi) is 4.42. The van der Waals surface area contributed by atoms with E-state index in [-0.39, 0.29) is 0 Å². The lowest BCUT2D eigenvalue weighted by molar-refractivity contribution is -0.156. The molecule has 0 saturated carbocycles. The highest BCUT2D eigenvalue weighted by molar-refractivity contribution is 6.34. The second kappa shape index (κ2) is 5.25. The summed E-state index contributed by atoms with van der Waals surface area (Å²) in [6.45, 7) is 5.34. The van der Waals surface area contributed by atoms with Gasteiger partial charge in [-0.1, -0.05) is 23.2 Å². The van der Waals surface area contributed by atoms with Crippen LogP contribution in [0.1, 0.15) is 32.4 Å². The lowest BCUT2D eigenvalue weighted by Crippen LogP contribution is -2.31. The Bertz CT molecular complexity index is 407. The molecular weight excluding hydrogens is 261 g/mol. The van der Waals surface area contributed by atoms with E-state index in [0.29, 0.717) is 15.6 Å². The summed E-state index contributed by atoms with van der Waals surface area (Å²) in [5.41, 5.74) is 5.76. The van der Waals surface area contributed by atoms with Crippen LogP contribution in [-0.4, -0.2) is 11.6 Å². The smallest absolute Gasteiger partial charge is 0.328 e. The molecule has 2 N–H and O–H groups in total. The van der Waals surface area contributed by atoms with Gasteiger partial charge >= 0.3 is 5.97 Å². The van der Waals surface area contributed by atoms with Crippen LogP contribution in [0, 0.1) is 0 Å². The molecule has 0 radical (unpaired) electrons. The molecule has 0 spiro atoms. The Balaban J connectivity index is 2.89. The molecule has 0 aliphatic rings. The van der Waals surface area contributed by atoms with Crippen LogP contribution in [-0.2, 0) is 9.53 Å². The molecule has 17 heavy (non-hydrogen) atoms. The molecule has 0 aliphatic carbocycles. The van der Waals surface area contributed by atoms with Crippen LogP contribution in [0.5, 0.6) is 0 Å². The number of carbonyl (C=O) groups is 1. The van der Waals surface area contributed by atoms with E-state index in [2.05, 4.69) is 0 Å². The first-order chi connectivity index (χ1) is 7.69. The number of halogens is 2. The lowest BCUT2D eigenvalue weighted by Gasteiger charge is -2.22. The van der Waals surface area contributed by atoms with E-state index in [1.807, 2.05) is 0 Å². The molecule has 0 heterocycles. The highest BCUT2D eigenvalue weighted by Gasteiger charge is 2.23. The average molecular weight is 276 g/mol. The first-order valence-electron chi connectivity index (χ1n) is 5.13. The average Bonchev–Trinajstić information content (AvgIpc) is 2.12. The number of esters is 1. The molecule has 0 saturated heterocycles. The molecule has 1 aromatic carbocycles. The van der Waals surface area contributed by atoms with E-state index in [1.165, 1.54) is 0 Å². The van der Waals surface area contributed by atoms with Crippen LogP contribution in [0.2, 0.25) is 10.0 Å². The van der Waals surface area contributed by atoms with Gasteiger partial charge in [-0.15, -0.1) is 0 Å². The quantitative estimate of drug-likeness (QED) is 0.843. The topological polar surface area (TPSA) is 52.3 Å². The normalized spacial score (nSPS) is 13.3. The van der Waals surface area contributed by atoms with Crippen LogP contribution < -0.4 is 5.73 Å². The van der Waals surface area contributed by atoms with Crippen molar-refractivity contribution in [3.8, 4) is 0 Å². The fourth-order valence-corrected chi connectivity index (χ4v) is 1.80. The number of ether oxygens (including phenoxy) is 1. The van der Waals surface area contributed by atoms with E-state index in [9.17, 15) is 4.79 Å². The summed E-state index contributed by atoms with van der Waals surface area (Å²) in [6.07, 6.45) is 0. The molecular formula is C12H15Cl2NO2. The first-order valence-corrected chi connectivity index (χ1v) is 5.89. The van der Waals surface area contributed by atoms with Gasteiger partial charge in [0.25, 0.3) is 0 Å². The highest BCUT2D eigenvalue weighted by Crippen LogP contribution is 2.24. The van der Waals surface area contributed by atoms with Crippen LogP contribution in [0.4, 0.5) is 0 Å². The Hall–Kier alpha value is -0.770. The van der Waals surface area contributed by atoms with Crippen molar-refractivity contribution in [2.75, 3.05) is 0 Å². The Morgan fingerprint density at radius 3 is 2.12 bits per heavy atom. The largest absolute Gasteiger partial charge is 0.459 e. The number of carbonyl (C=O) groups excluding carboxylic acids is 1. The standard InChI is InChI=1S/C12H15Cl2NO2/c1-12(2,3)17-11(16)10(15)7-4-8(13)6-9(14)5-7/h4-6,10H,15H2,1-3H3. The maximum Gasteiger partial charge on any atom is 0.328 e. The summed E-state index contributed by atoms with van der Waals surface area (Å²) in [7, 11) is 0. The summed E-state index contributed by atoms with van der Waals surface area (Å²) in [4.78, 5) is 11.7. The SMILES string of the molecule is CC(C)(C)OC(=O)C(N)c1cc(Cl)cc(Cl)c1. The van der Waals surface area contributed by atoms with Gasteiger partial charge in [-0.3, -0.25) is 0 Å². The van der Waals surface area contributed by atoms with Crippen molar-refractivity contribution >= 4 is 29.2 Å². The Morgan fingerprint density at radius 2 is 1.71 bits per heavy atom. The second-order valence-corrected chi connectivity index (χ2v) is 5.59. The maximum atomic E-state index is 11.7. The van der Waals surface area contributed by atoms with Gasteiger partial charge in [0.2, 0.25) is 0 Å². The van der Waals surface area contributed by atoms with Crippen molar-refractivity contribution < 1.29 is 9.53 Å². The van der Waals surface area contributed by atoms with Crippen LogP contribution in [0.25, 0.3) is 0 Å². The van der Waals surface area contributed by atoms with Crippen LogP contribution >= 0.6 is 23.2 Å². The van der Waals surface area contributed by atoms with E-state index in [0.717, 1.165) is 0 Å². The minimum absolute atomic E-state index is 0.437. The molecule has 0 bridgehead atoms. The molecule has 1 rings (SSSR count). The van der Waals surface area contributed by atoms with Crippen molar-refractivity contribution in [3.05, 3.63) is 33.8 Å². The summed E-state index contributed by atoms with van der Waals surface area (Å²) in [5.74, 6) is -0.504. The molecule has 3 nitrogen and oxygen atoms in total. The molecule has 1 aromatic rings. The molecule has 0 aromatic heterocycles. The third-order valence-electron chi connectivity index (χ3n) is 1.90. The van der Waals surface area contributed by atoms with Gasteiger partial charge in [0, 0.05) is 10.0 Å². The fourth-order valence-electron chi connectivity index (χ4n) is 1.26. The third kappa shape index (κ3) is 4.54. The number of hydrogen-bond acceptors (Lipinski definition) is 3. The van der Waals surface area contributed by atoms with Gasteiger partial charge in [0.15, 0.2) is 0 Å². The van der Waals surface area contributed by atoms with E-state index in [1.54, 1.807) is 39.0 Å². The number of rotatable bonds is 2. The van der Waals surface area contributed by atoms with Gasteiger partial charge in [0.1, 0.15) is 11.6 Å². The molecule has 5 heteroatoms. The van der Waals surface area contributed by atoms with E-state index < -0.39 is 17.6 Å². The molecule has 1 unspecified atom stereocenters. The highest BCUT2D eigenvalue weighted by atomic mass is 35.5. The molecule has 94 valence electrons. The number of hydrogen-bond donors (Lipinski definition) is 1. The van der Waals surface area contributed by atoms with Gasteiger partial charge in [-0.25, -0.2) is 4.79 Å². The molecule has 0 fully saturated rings. The Labute approximate surface area is 111 Å². The van der Waals surface area contributed by atoms with Crippen LogP contribution in [0.3, 0.4) is 0 Å². The Morgan fingerprint density at radius 1 is 1.24 bits per heavy atom. The number of nitrogens with two attached hydrogens (primary N) is 1. The minimum atomic E-state index is -0.884. The molecule has 0 amide bonds. The number of benzene rings is 1. The third-order valence-corrected chi connectivity index (χ3v) is 2.34. The van der Waals surface area contributed by atoms with Crippen molar-refractivity contribution in [1.82, 2.24) is 0 Å². The zero-order chi connectivity index (χ0) is 13.2. The van der Waals surface area contributed by atoms with Gasteiger partial charge in [-0.05, 0) is 44.5 Å². The van der Waals surface area contributed by atoms with Gasteiger partial charge in [0.05, 0.1) is 0 Å². The fraction of sp³-hybridized carbons (Fsp3) is 0.417.